The van der Waals surface area contributed by atoms with E-state index in [0.29, 0.717) is 24.6 Å². The van der Waals surface area contributed by atoms with Gasteiger partial charge in [0, 0.05) is 42.1 Å². The highest BCUT2D eigenvalue weighted by molar-refractivity contribution is 5.93. The van der Waals surface area contributed by atoms with Crippen molar-refractivity contribution in [3.63, 3.8) is 0 Å². The average Bonchev–Trinajstić information content (AvgIpc) is 2.74. The summed E-state index contributed by atoms with van der Waals surface area (Å²) in [4.78, 5) is 30.2. The van der Waals surface area contributed by atoms with Crippen molar-refractivity contribution in [3.8, 4) is 11.1 Å². The quantitative estimate of drug-likeness (QED) is 0.695. The Kier molecular flexibility index (Phi) is 7.54. The first-order valence-electron chi connectivity index (χ1n) is 10.3. The maximum atomic E-state index is 12.1. The molecule has 7 nitrogen and oxygen atoms in total. The molecule has 1 aliphatic rings. The molecule has 1 aliphatic heterocycles. The second-order valence-electron chi connectivity index (χ2n) is 7.89. The molecule has 1 saturated heterocycles. The van der Waals surface area contributed by atoms with Gasteiger partial charge in [0.05, 0.1) is 13.2 Å². The summed E-state index contributed by atoms with van der Waals surface area (Å²) in [6.45, 7) is 4.65. The highest BCUT2D eigenvalue weighted by Crippen LogP contribution is 2.28. The number of nitrogens with one attached hydrogen (secondary N) is 1. The molecule has 3 rings (SSSR count). The lowest BCUT2D eigenvalue weighted by Gasteiger charge is -2.31. The summed E-state index contributed by atoms with van der Waals surface area (Å²) in [6, 6.07) is 11.4. The van der Waals surface area contributed by atoms with Gasteiger partial charge in [-0.2, -0.15) is 0 Å². The lowest BCUT2D eigenvalue weighted by atomic mass is 9.92. The second kappa shape index (κ2) is 10.3. The zero-order valence-corrected chi connectivity index (χ0v) is 17.6. The minimum Gasteiger partial charge on any atom is -0.383 e. The number of rotatable bonds is 8. The molecular formula is C23H30N4O3. The van der Waals surface area contributed by atoms with E-state index in [1.165, 1.54) is 0 Å². The molecule has 0 radical (unpaired) electrons. The van der Waals surface area contributed by atoms with Crippen molar-refractivity contribution in [1.29, 1.82) is 0 Å². The number of piperidine rings is 1. The summed E-state index contributed by atoms with van der Waals surface area (Å²) >= 11 is 0. The molecule has 0 aliphatic carbocycles. The van der Waals surface area contributed by atoms with Crippen LogP contribution >= 0.6 is 0 Å². The fourth-order valence-corrected chi connectivity index (χ4v) is 3.85. The fourth-order valence-electron chi connectivity index (χ4n) is 3.85. The standard InChI is InChI=1S/C23H30N4O3/c1-16(15-30-2)26-22(28)14-27-11-9-18(10-12-27)21-8-7-20(13-25-21)17-3-5-19(6-4-17)23(24)29/h3-8,13,16,18H,9-12,14-15H2,1-2H3,(H2,24,29)(H,26,28)/t16-/m0/s1. The van der Waals surface area contributed by atoms with Crippen LogP contribution in [0.2, 0.25) is 0 Å². The van der Waals surface area contributed by atoms with Gasteiger partial charge in [0.1, 0.15) is 0 Å². The number of ether oxygens (including phenoxy) is 1. The number of nitrogens with zero attached hydrogens (tertiary/aromatic N) is 2. The topological polar surface area (TPSA) is 97.5 Å². The highest BCUT2D eigenvalue weighted by atomic mass is 16.5. The number of hydrogen-bond donors (Lipinski definition) is 2. The van der Waals surface area contributed by atoms with Gasteiger partial charge in [0.2, 0.25) is 11.8 Å². The average molecular weight is 411 g/mol. The zero-order chi connectivity index (χ0) is 21.5. The lowest BCUT2D eigenvalue weighted by Crippen LogP contribution is -2.44. The fraction of sp³-hybridized carbons (Fsp3) is 0.435. The third-order valence-electron chi connectivity index (χ3n) is 5.49. The Labute approximate surface area is 177 Å². The molecule has 2 heterocycles. The molecule has 1 fully saturated rings. The lowest BCUT2D eigenvalue weighted by molar-refractivity contribution is -0.123. The Morgan fingerprint density at radius 2 is 1.83 bits per heavy atom. The van der Waals surface area contributed by atoms with Gasteiger partial charge in [-0.05, 0) is 56.6 Å². The van der Waals surface area contributed by atoms with Gasteiger partial charge in [-0.15, -0.1) is 0 Å². The SMILES string of the molecule is COC[C@H](C)NC(=O)CN1CCC(c2ccc(-c3ccc(C(N)=O)cc3)cn2)CC1. The first-order chi connectivity index (χ1) is 14.5. The zero-order valence-electron chi connectivity index (χ0n) is 17.6. The third kappa shape index (κ3) is 5.87. The van der Waals surface area contributed by atoms with E-state index in [0.717, 1.165) is 42.8 Å². The van der Waals surface area contributed by atoms with Crippen molar-refractivity contribution in [2.75, 3.05) is 33.4 Å². The molecule has 0 unspecified atom stereocenters. The first kappa shape index (κ1) is 21.9. The van der Waals surface area contributed by atoms with Crippen LogP contribution in [0.5, 0.6) is 0 Å². The van der Waals surface area contributed by atoms with Crippen LogP contribution in [0.4, 0.5) is 0 Å². The monoisotopic (exact) mass is 410 g/mol. The van der Waals surface area contributed by atoms with Crippen molar-refractivity contribution >= 4 is 11.8 Å². The highest BCUT2D eigenvalue weighted by Gasteiger charge is 2.23. The second-order valence-corrected chi connectivity index (χ2v) is 7.89. The van der Waals surface area contributed by atoms with Crippen molar-refractivity contribution in [2.45, 2.75) is 31.7 Å². The molecule has 0 bridgehead atoms. The third-order valence-corrected chi connectivity index (χ3v) is 5.49. The van der Waals surface area contributed by atoms with Crippen molar-refractivity contribution < 1.29 is 14.3 Å². The minimum atomic E-state index is -0.427. The molecule has 30 heavy (non-hydrogen) atoms. The predicted molar refractivity (Wildman–Crippen MR) is 116 cm³/mol. The number of methoxy groups -OCH3 is 1. The number of nitrogens with two attached hydrogens (primary N) is 1. The summed E-state index contributed by atoms with van der Waals surface area (Å²) in [5.41, 5.74) is 8.89. The van der Waals surface area contributed by atoms with Crippen LogP contribution < -0.4 is 11.1 Å². The summed E-state index contributed by atoms with van der Waals surface area (Å²) in [7, 11) is 1.63. The van der Waals surface area contributed by atoms with E-state index < -0.39 is 5.91 Å². The summed E-state index contributed by atoms with van der Waals surface area (Å²) < 4.78 is 5.05. The Balaban J connectivity index is 1.51. The van der Waals surface area contributed by atoms with Crippen molar-refractivity contribution in [1.82, 2.24) is 15.2 Å². The van der Waals surface area contributed by atoms with Gasteiger partial charge in [0.25, 0.3) is 0 Å². The number of amides is 2. The number of likely N-dealkylation sites (tertiary alicyclic amines) is 1. The van der Waals surface area contributed by atoms with Gasteiger partial charge >= 0.3 is 0 Å². The molecule has 3 N–H and O–H groups in total. The van der Waals surface area contributed by atoms with Gasteiger partial charge < -0.3 is 15.8 Å². The summed E-state index contributed by atoms with van der Waals surface area (Å²) in [5.74, 6) is 0.0224. The summed E-state index contributed by atoms with van der Waals surface area (Å²) in [5, 5.41) is 2.96. The Morgan fingerprint density at radius 1 is 1.17 bits per heavy atom. The Morgan fingerprint density at radius 3 is 2.40 bits per heavy atom. The van der Waals surface area contributed by atoms with Crippen LogP contribution in [0.25, 0.3) is 11.1 Å². The molecule has 7 heteroatoms. The van der Waals surface area contributed by atoms with Crippen molar-refractivity contribution in [3.05, 3.63) is 53.9 Å². The molecule has 0 saturated carbocycles. The maximum absolute atomic E-state index is 12.1. The van der Waals surface area contributed by atoms with E-state index in [1.807, 2.05) is 25.3 Å². The molecular weight excluding hydrogens is 380 g/mol. The minimum absolute atomic E-state index is 0.0229. The van der Waals surface area contributed by atoms with Crippen LogP contribution in [0, 0.1) is 0 Å². The van der Waals surface area contributed by atoms with Crippen molar-refractivity contribution in [2.24, 2.45) is 5.73 Å². The molecule has 1 aromatic carbocycles. The number of benzene rings is 1. The van der Waals surface area contributed by atoms with E-state index in [1.54, 1.807) is 19.2 Å². The van der Waals surface area contributed by atoms with Crippen LogP contribution in [0.1, 0.15) is 41.7 Å². The van der Waals surface area contributed by atoms with Gasteiger partial charge in [-0.25, -0.2) is 0 Å². The number of aromatic nitrogens is 1. The normalized spacial score (nSPS) is 16.2. The predicted octanol–water partition coefficient (Wildman–Crippen LogP) is 2.18. The number of carbonyl (C=O) groups excluding carboxylic acids is 2. The van der Waals surface area contributed by atoms with Crippen LogP contribution in [-0.2, 0) is 9.53 Å². The van der Waals surface area contributed by atoms with E-state index >= 15 is 0 Å². The number of pyridine rings is 1. The molecule has 1 aromatic heterocycles. The van der Waals surface area contributed by atoms with E-state index in [9.17, 15) is 9.59 Å². The number of carbonyl (C=O) groups is 2. The van der Waals surface area contributed by atoms with Gasteiger partial charge in [-0.3, -0.25) is 19.5 Å². The van der Waals surface area contributed by atoms with Gasteiger partial charge in [0.15, 0.2) is 0 Å². The Hall–Kier alpha value is -2.77. The van der Waals surface area contributed by atoms with Crippen LogP contribution in [0.3, 0.4) is 0 Å². The molecule has 2 amide bonds. The van der Waals surface area contributed by atoms with Crippen LogP contribution in [0.15, 0.2) is 42.6 Å². The summed E-state index contributed by atoms with van der Waals surface area (Å²) in [6.07, 6.45) is 3.85. The molecule has 0 spiro atoms. The maximum Gasteiger partial charge on any atom is 0.248 e. The van der Waals surface area contributed by atoms with E-state index in [4.69, 9.17) is 10.5 Å². The first-order valence-corrected chi connectivity index (χ1v) is 10.3. The number of primary amides is 1. The van der Waals surface area contributed by atoms with E-state index in [-0.39, 0.29) is 11.9 Å². The largest absolute Gasteiger partial charge is 0.383 e. The molecule has 1 atom stereocenters. The molecule has 160 valence electrons. The van der Waals surface area contributed by atoms with Crippen LogP contribution in [-0.4, -0.2) is 61.1 Å². The molecule has 2 aromatic rings. The van der Waals surface area contributed by atoms with E-state index in [2.05, 4.69) is 27.3 Å². The van der Waals surface area contributed by atoms with Gasteiger partial charge in [-0.1, -0.05) is 18.2 Å². The number of hydrogen-bond acceptors (Lipinski definition) is 5. The Bertz CT molecular complexity index is 844. The smallest absolute Gasteiger partial charge is 0.248 e.